The van der Waals surface area contributed by atoms with Crippen LogP contribution in [0.3, 0.4) is 0 Å². The summed E-state index contributed by atoms with van der Waals surface area (Å²) < 4.78 is 23.7. The minimum Gasteiger partial charge on any atom is -0.495 e. The van der Waals surface area contributed by atoms with Gasteiger partial charge in [0.2, 0.25) is 0 Å². The second-order valence-corrected chi connectivity index (χ2v) is 5.79. The van der Waals surface area contributed by atoms with Gasteiger partial charge in [0.15, 0.2) is 0 Å². The molecule has 1 aromatic carbocycles. The van der Waals surface area contributed by atoms with Gasteiger partial charge in [-0.15, -0.1) is 0 Å². The molecule has 0 aliphatic heterocycles. The zero-order valence-corrected chi connectivity index (χ0v) is 13.1. The normalized spacial score (nSPS) is 16.3. The van der Waals surface area contributed by atoms with Crippen molar-refractivity contribution in [3.63, 3.8) is 0 Å². The van der Waals surface area contributed by atoms with Crippen molar-refractivity contribution in [3.8, 4) is 5.75 Å². The Labute approximate surface area is 130 Å². The number of hydrogen-bond donors (Lipinski definition) is 2. The molecule has 0 aromatic heterocycles. The lowest BCUT2D eigenvalue weighted by Crippen LogP contribution is -2.40. The molecule has 0 saturated heterocycles. The number of carbonyl (C=O) groups is 1. The molecule has 0 spiro atoms. The van der Waals surface area contributed by atoms with Crippen LogP contribution in [0.25, 0.3) is 0 Å². The largest absolute Gasteiger partial charge is 0.495 e. The number of halogens is 1. The molecule has 0 radical (unpaired) electrons. The van der Waals surface area contributed by atoms with Gasteiger partial charge in [-0.25, -0.2) is 9.18 Å². The van der Waals surface area contributed by atoms with Crippen LogP contribution in [0.1, 0.15) is 25.7 Å². The van der Waals surface area contributed by atoms with Crippen molar-refractivity contribution in [1.29, 1.82) is 0 Å². The van der Waals surface area contributed by atoms with Gasteiger partial charge >= 0.3 is 6.03 Å². The molecule has 122 valence electrons. The van der Waals surface area contributed by atoms with Crippen LogP contribution in [0.5, 0.6) is 5.75 Å². The van der Waals surface area contributed by atoms with Crippen LogP contribution in [0.15, 0.2) is 18.2 Å². The maximum atomic E-state index is 13.3. The van der Waals surface area contributed by atoms with E-state index in [1.807, 2.05) is 0 Å². The van der Waals surface area contributed by atoms with Crippen molar-refractivity contribution in [2.45, 2.75) is 25.7 Å². The fourth-order valence-electron chi connectivity index (χ4n) is 3.02. The number of hydrogen-bond acceptors (Lipinski definition) is 3. The molecule has 1 fully saturated rings. The van der Waals surface area contributed by atoms with Gasteiger partial charge in [-0.3, -0.25) is 0 Å². The average molecular weight is 310 g/mol. The molecule has 22 heavy (non-hydrogen) atoms. The number of urea groups is 1. The van der Waals surface area contributed by atoms with E-state index in [1.165, 1.54) is 25.3 Å². The number of methoxy groups -OCH3 is 2. The van der Waals surface area contributed by atoms with E-state index in [9.17, 15) is 9.18 Å². The van der Waals surface area contributed by atoms with Crippen LogP contribution in [0.4, 0.5) is 14.9 Å². The summed E-state index contributed by atoms with van der Waals surface area (Å²) in [6.45, 7) is 1.18. The van der Waals surface area contributed by atoms with Crippen LogP contribution in [-0.4, -0.2) is 33.4 Å². The van der Waals surface area contributed by atoms with E-state index >= 15 is 0 Å². The van der Waals surface area contributed by atoms with Gasteiger partial charge in [0.1, 0.15) is 11.6 Å². The number of benzene rings is 1. The Hall–Kier alpha value is -1.82. The zero-order chi connectivity index (χ0) is 16.0. The lowest BCUT2D eigenvalue weighted by molar-refractivity contribution is 0.0847. The van der Waals surface area contributed by atoms with E-state index in [2.05, 4.69) is 10.6 Å². The van der Waals surface area contributed by atoms with Crippen LogP contribution < -0.4 is 15.4 Å². The molecule has 0 unspecified atom stereocenters. The Bertz CT molecular complexity index is 516. The van der Waals surface area contributed by atoms with Gasteiger partial charge in [0.25, 0.3) is 0 Å². The molecule has 2 N–H and O–H groups in total. The van der Waals surface area contributed by atoms with Crippen molar-refractivity contribution in [1.82, 2.24) is 5.32 Å². The van der Waals surface area contributed by atoms with Gasteiger partial charge in [-0.2, -0.15) is 0 Å². The van der Waals surface area contributed by atoms with Crippen LogP contribution in [0, 0.1) is 11.2 Å². The monoisotopic (exact) mass is 310 g/mol. The second-order valence-electron chi connectivity index (χ2n) is 5.79. The summed E-state index contributed by atoms with van der Waals surface area (Å²) in [5.41, 5.74) is 0.324. The molecule has 1 aliphatic carbocycles. The molecule has 0 bridgehead atoms. The third kappa shape index (κ3) is 4.10. The third-order valence-corrected chi connectivity index (χ3v) is 4.15. The van der Waals surface area contributed by atoms with E-state index in [-0.39, 0.29) is 11.4 Å². The fraction of sp³-hybridized carbons (Fsp3) is 0.562. The van der Waals surface area contributed by atoms with Crippen molar-refractivity contribution >= 4 is 11.7 Å². The van der Waals surface area contributed by atoms with Gasteiger partial charge in [-0.1, -0.05) is 12.8 Å². The lowest BCUT2D eigenvalue weighted by atomic mass is 9.87. The third-order valence-electron chi connectivity index (χ3n) is 4.15. The molecule has 0 atom stereocenters. The van der Waals surface area contributed by atoms with E-state index in [0.29, 0.717) is 24.6 Å². The molecule has 1 saturated carbocycles. The first-order valence-electron chi connectivity index (χ1n) is 7.46. The van der Waals surface area contributed by atoms with Crippen LogP contribution >= 0.6 is 0 Å². The Morgan fingerprint density at radius 2 is 2.05 bits per heavy atom. The summed E-state index contributed by atoms with van der Waals surface area (Å²) in [6, 6.07) is 3.63. The zero-order valence-electron chi connectivity index (χ0n) is 13.1. The minimum absolute atomic E-state index is 0.0120. The molecule has 2 rings (SSSR count). The van der Waals surface area contributed by atoms with Crippen LogP contribution in [-0.2, 0) is 4.74 Å². The molecule has 2 amide bonds. The predicted molar refractivity (Wildman–Crippen MR) is 82.8 cm³/mol. The molecule has 5 nitrogen and oxygen atoms in total. The summed E-state index contributed by atoms with van der Waals surface area (Å²) in [5.74, 6) is -0.00762. The number of nitrogens with one attached hydrogen (secondary N) is 2. The summed E-state index contributed by atoms with van der Waals surface area (Å²) >= 11 is 0. The first kappa shape index (κ1) is 16.5. The number of anilines is 1. The Balaban J connectivity index is 1.94. The van der Waals surface area contributed by atoms with Gasteiger partial charge in [-0.05, 0) is 25.0 Å². The maximum absolute atomic E-state index is 13.3. The standard InChI is InChI=1S/C16H23FN2O3/c1-21-11-16(7-3-4-8-16)10-18-15(20)19-13-9-12(17)5-6-14(13)22-2/h5-6,9H,3-4,7-8,10-11H2,1-2H3,(H2,18,19,20). The molecule has 0 heterocycles. The smallest absolute Gasteiger partial charge is 0.319 e. The quantitative estimate of drug-likeness (QED) is 0.848. The van der Waals surface area contributed by atoms with E-state index in [4.69, 9.17) is 9.47 Å². The minimum atomic E-state index is -0.428. The SMILES string of the molecule is COCC1(CNC(=O)Nc2cc(F)ccc2OC)CCCC1. The first-order valence-corrected chi connectivity index (χ1v) is 7.46. The molecular weight excluding hydrogens is 287 g/mol. The van der Waals surface area contributed by atoms with Crippen molar-refractivity contribution in [2.24, 2.45) is 5.41 Å². The highest BCUT2D eigenvalue weighted by molar-refractivity contribution is 5.90. The second kappa shape index (κ2) is 7.45. The number of carbonyl (C=O) groups excluding carboxylic acids is 1. The van der Waals surface area contributed by atoms with E-state index in [1.54, 1.807) is 7.11 Å². The number of ether oxygens (including phenoxy) is 2. The van der Waals surface area contributed by atoms with Crippen LogP contribution in [0.2, 0.25) is 0 Å². The molecular formula is C16H23FN2O3. The van der Waals surface area contributed by atoms with Crippen molar-refractivity contribution in [3.05, 3.63) is 24.0 Å². The van der Waals surface area contributed by atoms with Gasteiger partial charge in [0.05, 0.1) is 19.4 Å². The molecule has 6 heteroatoms. The highest BCUT2D eigenvalue weighted by Crippen LogP contribution is 2.37. The summed E-state index contributed by atoms with van der Waals surface area (Å²) in [5, 5.41) is 5.49. The van der Waals surface area contributed by atoms with Crippen molar-refractivity contribution in [2.75, 3.05) is 32.7 Å². The topological polar surface area (TPSA) is 59.6 Å². The van der Waals surface area contributed by atoms with Crippen molar-refractivity contribution < 1.29 is 18.7 Å². The Kier molecular flexibility index (Phi) is 5.60. The molecule has 1 aliphatic rings. The van der Waals surface area contributed by atoms with Gasteiger partial charge < -0.3 is 20.1 Å². The number of amides is 2. The summed E-state index contributed by atoms with van der Waals surface area (Å²) in [4.78, 5) is 12.1. The predicted octanol–water partition coefficient (Wildman–Crippen LogP) is 3.16. The highest BCUT2D eigenvalue weighted by Gasteiger charge is 2.34. The summed E-state index contributed by atoms with van der Waals surface area (Å²) in [6.07, 6.45) is 4.41. The van der Waals surface area contributed by atoms with E-state index in [0.717, 1.165) is 25.7 Å². The Morgan fingerprint density at radius 3 is 2.68 bits per heavy atom. The first-order chi connectivity index (χ1) is 10.6. The summed E-state index contributed by atoms with van der Waals surface area (Å²) in [7, 11) is 3.15. The average Bonchev–Trinajstić information content (AvgIpc) is 2.95. The fourth-order valence-corrected chi connectivity index (χ4v) is 3.02. The molecule has 1 aromatic rings. The maximum Gasteiger partial charge on any atom is 0.319 e. The van der Waals surface area contributed by atoms with E-state index < -0.39 is 5.82 Å². The lowest BCUT2D eigenvalue weighted by Gasteiger charge is -2.28. The highest BCUT2D eigenvalue weighted by atomic mass is 19.1. The number of rotatable bonds is 6. The van der Waals surface area contributed by atoms with Gasteiger partial charge in [0, 0.05) is 25.1 Å². The Morgan fingerprint density at radius 1 is 1.32 bits per heavy atom.